The molecule has 11 heteroatoms. The highest BCUT2D eigenvalue weighted by Crippen LogP contribution is 2.25. The van der Waals surface area contributed by atoms with E-state index in [-0.39, 0.29) is 49.3 Å². The van der Waals surface area contributed by atoms with Crippen LogP contribution in [0.1, 0.15) is 44.1 Å². The molecule has 2 fully saturated rings. The van der Waals surface area contributed by atoms with E-state index in [9.17, 15) is 14.4 Å². The number of benzene rings is 2. The normalized spacial score (nSPS) is 18.7. The minimum absolute atomic E-state index is 0. The smallest absolute Gasteiger partial charge is 0.491 e. The number of halogens is 1. The standard InChI is InChI=1S/C27H31N3O7.ClH/c28-25(29)19-7-5-17(6-8-19)18-9-11-22(12-10-18)34-15-21-13-20(26(32)30-21)14-24(31)35-16-36-27(33)37-23-3-1-2-4-23;/h5-12,20-21,23H,1-4,13-16H2,(H3,28,29)(H,30,32);1H/t20-,21-;/m0./s1. The number of ether oxygens (including phenoxy) is 4. The zero-order valence-electron chi connectivity index (χ0n) is 20.9. The summed E-state index contributed by atoms with van der Waals surface area (Å²) in [6.45, 7) is -0.276. The summed E-state index contributed by atoms with van der Waals surface area (Å²) < 4.78 is 20.7. The molecule has 2 aliphatic rings. The Morgan fingerprint density at radius 3 is 2.24 bits per heavy atom. The molecule has 1 aliphatic heterocycles. The van der Waals surface area contributed by atoms with Crippen molar-refractivity contribution in [1.29, 1.82) is 5.41 Å². The number of carbonyl (C=O) groups excluding carboxylic acids is 3. The van der Waals surface area contributed by atoms with E-state index >= 15 is 0 Å². The number of nitrogens with one attached hydrogen (secondary N) is 2. The molecule has 0 aromatic heterocycles. The lowest BCUT2D eigenvalue weighted by molar-refractivity contribution is -0.155. The van der Waals surface area contributed by atoms with Crippen LogP contribution >= 0.6 is 12.4 Å². The van der Waals surface area contributed by atoms with Gasteiger partial charge in [0.25, 0.3) is 0 Å². The van der Waals surface area contributed by atoms with Gasteiger partial charge in [-0.05, 0) is 55.4 Å². The van der Waals surface area contributed by atoms with E-state index in [0.29, 0.717) is 17.7 Å². The average Bonchev–Trinajstić information content (AvgIpc) is 3.52. The van der Waals surface area contributed by atoms with Crippen LogP contribution in [-0.4, -0.2) is 49.4 Å². The maximum Gasteiger partial charge on any atom is 0.511 e. The van der Waals surface area contributed by atoms with Gasteiger partial charge < -0.3 is 30.0 Å². The van der Waals surface area contributed by atoms with Crippen LogP contribution in [0, 0.1) is 11.3 Å². The number of esters is 1. The van der Waals surface area contributed by atoms with E-state index in [2.05, 4.69) is 5.32 Å². The topological polar surface area (TPSA) is 150 Å². The summed E-state index contributed by atoms with van der Waals surface area (Å²) in [7, 11) is 0. The van der Waals surface area contributed by atoms with E-state index in [1.54, 1.807) is 12.1 Å². The van der Waals surface area contributed by atoms with Crippen molar-refractivity contribution in [1.82, 2.24) is 5.32 Å². The van der Waals surface area contributed by atoms with Gasteiger partial charge in [0.1, 0.15) is 24.3 Å². The molecule has 1 saturated heterocycles. The molecule has 1 heterocycles. The van der Waals surface area contributed by atoms with E-state index in [1.807, 2.05) is 36.4 Å². The first-order chi connectivity index (χ1) is 17.9. The summed E-state index contributed by atoms with van der Waals surface area (Å²) >= 11 is 0. The highest BCUT2D eigenvalue weighted by molar-refractivity contribution is 5.95. The van der Waals surface area contributed by atoms with E-state index < -0.39 is 24.8 Å². The lowest BCUT2D eigenvalue weighted by Gasteiger charge is -2.13. The summed E-state index contributed by atoms with van der Waals surface area (Å²) in [5.41, 5.74) is 8.15. The molecule has 10 nitrogen and oxygen atoms in total. The van der Waals surface area contributed by atoms with Crippen LogP contribution in [-0.2, 0) is 23.8 Å². The zero-order valence-corrected chi connectivity index (χ0v) is 21.7. The first-order valence-corrected chi connectivity index (χ1v) is 12.3. The number of hydrogen-bond acceptors (Lipinski definition) is 8. The number of nitrogen functional groups attached to an aromatic ring is 1. The molecule has 1 amide bonds. The fourth-order valence-electron chi connectivity index (χ4n) is 4.48. The van der Waals surface area contributed by atoms with Gasteiger partial charge >= 0.3 is 12.1 Å². The summed E-state index contributed by atoms with van der Waals surface area (Å²) in [6.07, 6.45) is 3.02. The predicted molar refractivity (Wildman–Crippen MR) is 141 cm³/mol. The highest BCUT2D eigenvalue weighted by atomic mass is 35.5. The second kappa shape index (κ2) is 13.7. The van der Waals surface area contributed by atoms with E-state index in [0.717, 1.165) is 36.8 Å². The number of nitrogens with two attached hydrogens (primary N) is 1. The van der Waals surface area contributed by atoms with Crippen LogP contribution < -0.4 is 15.8 Å². The van der Waals surface area contributed by atoms with Gasteiger partial charge in [-0.1, -0.05) is 36.4 Å². The minimum atomic E-state index is -0.852. The predicted octanol–water partition coefficient (Wildman–Crippen LogP) is 3.93. The van der Waals surface area contributed by atoms with Gasteiger partial charge in [-0.15, -0.1) is 12.4 Å². The molecule has 1 saturated carbocycles. The number of amidine groups is 1. The van der Waals surface area contributed by atoms with Gasteiger partial charge in [0.05, 0.1) is 18.4 Å². The molecule has 38 heavy (non-hydrogen) atoms. The summed E-state index contributed by atoms with van der Waals surface area (Å²) in [6, 6.07) is 14.7. The highest BCUT2D eigenvalue weighted by Gasteiger charge is 2.34. The maximum atomic E-state index is 12.3. The molecule has 0 unspecified atom stereocenters. The number of rotatable bonds is 10. The largest absolute Gasteiger partial charge is 0.511 e. The average molecular weight is 546 g/mol. The molecule has 4 rings (SSSR count). The van der Waals surface area contributed by atoms with Crippen molar-refractivity contribution in [3.05, 3.63) is 54.1 Å². The Labute approximate surface area is 227 Å². The SMILES string of the molecule is Cl.N=C(N)c1ccc(-c2ccc(OC[C@@H]3C[C@@H](CC(=O)OCOC(=O)OC4CCCC4)C(=O)N3)cc2)cc1. The molecule has 1 aliphatic carbocycles. The Hall–Kier alpha value is -3.79. The van der Waals surface area contributed by atoms with Crippen LogP contribution in [0.5, 0.6) is 5.75 Å². The summed E-state index contributed by atoms with van der Waals surface area (Å²) in [5.74, 6) is -0.715. The Balaban J connectivity index is 0.00000400. The second-order valence-electron chi connectivity index (χ2n) is 9.22. The van der Waals surface area contributed by atoms with Gasteiger partial charge in [0, 0.05) is 5.56 Å². The molecule has 0 radical (unpaired) electrons. The lowest BCUT2D eigenvalue weighted by Crippen LogP contribution is -2.31. The lowest BCUT2D eigenvalue weighted by atomic mass is 10.0. The van der Waals surface area contributed by atoms with E-state index in [1.165, 1.54) is 0 Å². The van der Waals surface area contributed by atoms with Gasteiger partial charge in [0.15, 0.2) is 0 Å². The van der Waals surface area contributed by atoms with Crippen molar-refractivity contribution in [2.24, 2.45) is 11.7 Å². The van der Waals surface area contributed by atoms with Crippen LogP contribution in [0.2, 0.25) is 0 Å². The monoisotopic (exact) mass is 545 g/mol. The molecule has 204 valence electrons. The third-order valence-corrected chi connectivity index (χ3v) is 6.50. The van der Waals surface area contributed by atoms with Crippen LogP contribution in [0.25, 0.3) is 11.1 Å². The summed E-state index contributed by atoms with van der Waals surface area (Å²) in [5, 5.41) is 10.3. The molecule has 2 atom stereocenters. The number of amides is 1. The van der Waals surface area contributed by atoms with Crippen molar-refractivity contribution < 1.29 is 33.3 Å². The Kier molecular flexibility index (Phi) is 10.3. The van der Waals surface area contributed by atoms with Crippen LogP contribution in [0.4, 0.5) is 4.79 Å². The molecule has 4 N–H and O–H groups in total. The van der Waals surface area contributed by atoms with Crippen LogP contribution in [0.15, 0.2) is 48.5 Å². The quantitative estimate of drug-likeness (QED) is 0.176. The molecule has 0 bridgehead atoms. The van der Waals surface area contributed by atoms with E-state index in [4.69, 9.17) is 30.1 Å². The first kappa shape index (κ1) is 28.8. The van der Waals surface area contributed by atoms with Crippen molar-refractivity contribution >= 4 is 36.3 Å². The first-order valence-electron chi connectivity index (χ1n) is 12.3. The van der Waals surface area contributed by atoms with Crippen molar-refractivity contribution in [3.63, 3.8) is 0 Å². The maximum absolute atomic E-state index is 12.3. The Morgan fingerprint density at radius 2 is 1.61 bits per heavy atom. The third-order valence-electron chi connectivity index (χ3n) is 6.50. The molecule has 2 aromatic carbocycles. The summed E-state index contributed by atoms with van der Waals surface area (Å²) in [4.78, 5) is 36.0. The van der Waals surface area contributed by atoms with Gasteiger partial charge in [-0.2, -0.15) is 0 Å². The molecular formula is C27H32ClN3O7. The second-order valence-corrected chi connectivity index (χ2v) is 9.22. The molecular weight excluding hydrogens is 514 g/mol. The fourth-order valence-corrected chi connectivity index (χ4v) is 4.48. The Morgan fingerprint density at radius 1 is 0.974 bits per heavy atom. The van der Waals surface area contributed by atoms with Gasteiger partial charge in [-0.25, -0.2) is 4.79 Å². The number of hydrogen-bond donors (Lipinski definition) is 3. The third kappa shape index (κ3) is 8.11. The molecule has 0 spiro atoms. The van der Waals surface area contributed by atoms with Gasteiger partial charge in [0.2, 0.25) is 12.7 Å². The van der Waals surface area contributed by atoms with Gasteiger partial charge in [-0.3, -0.25) is 15.0 Å². The fraction of sp³-hybridized carbons (Fsp3) is 0.407. The molecule has 2 aromatic rings. The Bertz CT molecular complexity index is 1120. The zero-order chi connectivity index (χ0) is 26.2. The van der Waals surface area contributed by atoms with Crippen molar-refractivity contribution in [3.8, 4) is 16.9 Å². The number of carbonyl (C=O) groups is 3. The van der Waals surface area contributed by atoms with Crippen molar-refractivity contribution in [2.45, 2.75) is 50.7 Å². The van der Waals surface area contributed by atoms with Crippen LogP contribution in [0.3, 0.4) is 0 Å². The van der Waals surface area contributed by atoms with Crippen molar-refractivity contribution in [2.75, 3.05) is 13.4 Å². The minimum Gasteiger partial charge on any atom is -0.491 e.